The van der Waals surface area contributed by atoms with Crippen LogP contribution in [0.2, 0.25) is 39.3 Å². The molecule has 0 bridgehead atoms. The van der Waals surface area contributed by atoms with Crippen molar-refractivity contribution >= 4 is 16.6 Å². The van der Waals surface area contributed by atoms with Crippen LogP contribution < -0.4 is 4.43 Å². The lowest BCUT2D eigenvalue weighted by Crippen LogP contribution is -2.47. The summed E-state index contributed by atoms with van der Waals surface area (Å²) in [6, 6.07) is 7.23. The molecule has 4 rings (SSSR count). The molecule has 1 aromatic rings. The minimum absolute atomic E-state index is 0.383. The molecule has 4 heteroatoms. The molecular weight excluding hydrogens is 436 g/mol. The number of hydrogen-bond donors (Lipinski definition) is 0. The Morgan fingerprint density at radius 3 is 2.36 bits per heavy atom. The van der Waals surface area contributed by atoms with Crippen molar-refractivity contribution < 1.29 is 8.85 Å². The maximum absolute atomic E-state index is 6.81. The van der Waals surface area contributed by atoms with E-state index < -0.39 is 16.6 Å². The first-order chi connectivity index (χ1) is 15.4. The van der Waals surface area contributed by atoms with Crippen molar-refractivity contribution in [1.29, 1.82) is 0 Å². The van der Waals surface area contributed by atoms with Crippen LogP contribution in [0.5, 0.6) is 5.75 Å². The first-order valence-corrected chi connectivity index (χ1v) is 20.7. The molecule has 0 amide bonds. The van der Waals surface area contributed by atoms with Crippen molar-refractivity contribution in [1.82, 2.24) is 0 Å². The molecule has 3 aliphatic rings. The summed E-state index contributed by atoms with van der Waals surface area (Å²) < 4.78 is 13.3. The van der Waals surface area contributed by atoms with E-state index in [1.54, 1.807) is 11.1 Å². The number of hydrogen-bond acceptors (Lipinski definition) is 2. The van der Waals surface area contributed by atoms with E-state index in [-0.39, 0.29) is 0 Å². The molecule has 2 fully saturated rings. The Morgan fingerprint density at radius 1 is 0.939 bits per heavy atom. The third-order valence-corrected chi connectivity index (χ3v) is 10.7. The molecule has 0 N–H and O–H groups in total. The Morgan fingerprint density at radius 2 is 1.70 bits per heavy atom. The minimum atomic E-state index is -1.60. The van der Waals surface area contributed by atoms with Crippen LogP contribution in [-0.2, 0) is 4.43 Å². The highest BCUT2D eigenvalue weighted by Gasteiger charge is 2.56. The van der Waals surface area contributed by atoms with Gasteiger partial charge in [0.2, 0.25) is 8.32 Å². The first kappa shape index (κ1) is 25.5. The van der Waals surface area contributed by atoms with Gasteiger partial charge in [0.05, 0.1) is 6.10 Å². The van der Waals surface area contributed by atoms with E-state index >= 15 is 0 Å². The summed E-state index contributed by atoms with van der Waals surface area (Å²) in [5.74, 6) is 4.24. The van der Waals surface area contributed by atoms with Gasteiger partial charge in [0.15, 0.2) is 8.32 Å². The van der Waals surface area contributed by atoms with Crippen molar-refractivity contribution in [2.45, 2.75) is 129 Å². The Bertz CT molecular complexity index is 824. The zero-order chi connectivity index (χ0) is 24.0. The van der Waals surface area contributed by atoms with Crippen LogP contribution in [-0.4, -0.2) is 22.7 Å². The van der Waals surface area contributed by atoms with Gasteiger partial charge in [0.1, 0.15) is 5.75 Å². The molecule has 0 saturated heterocycles. The molecule has 0 spiro atoms. The van der Waals surface area contributed by atoms with Gasteiger partial charge in [0.25, 0.3) is 0 Å². The van der Waals surface area contributed by atoms with Gasteiger partial charge in [-0.05, 0) is 130 Å². The highest BCUT2D eigenvalue weighted by molar-refractivity contribution is 6.70. The molecule has 33 heavy (non-hydrogen) atoms. The van der Waals surface area contributed by atoms with Gasteiger partial charge in [-0.3, -0.25) is 0 Å². The molecule has 0 aromatic heterocycles. The predicted octanol–water partition coefficient (Wildman–Crippen LogP) is 9.10. The Balaban J connectivity index is 1.63. The summed E-state index contributed by atoms with van der Waals surface area (Å²) in [6.07, 6.45) is 12.6. The van der Waals surface area contributed by atoms with Crippen LogP contribution in [0.1, 0.15) is 94.6 Å². The summed E-state index contributed by atoms with van der Waals surface area (Å²) in [6.45, 7) is 18.9. The summed E-state index contributed by atoms with van der Waals surface area (Å²) in [7, 11) is -3.12. The fourth-order valence-electron chi connectivity index (χ4n) is 7.61. The second kappa shape index (κ2) is 9.46. The Kier molecular flexibility index (Phi) is 7.31. The highest BCUT2D eigenvalue weighted by Crippen LogP contribution is 2.63. The van der Waals surface area contributed by atoms with E-state index in [0.717, 1.165) is 23.5 Å². The normalized spacial score (nSPS) is 33.9. The lowest BCUT2D eigenvalue weighted by molar-refractivity contribution is -0.0170. The van der Waals surface area contributed by atoms with Crippen molar-refractivity contribution in [3.05, 3.63) is 29.3 Å². The van der Waals surface area contributed by atoms with Crippen LogP contribution in [0.25, 0.3) is 0 Å². The average Bonchev–Trinajstić information content (AvgIpc) is 3.02. The molecule has 0 heterocycles. The Hall–Kier alpha value is -0.586. The van der Waals surface area contributed by atoms with E-state index in [1.165, 1.54) is 57.8 Å². The monoisotopic (exact) mass is 486 g/mol. The summed E-state index contributed by atoms with van der Waals surface area (Å²) in [4.78, 5) is 0. The number of fused-ring (bicyclic) bond motifs is 5. The van der Waals surface area contributed by atoms with E-state index in [2.05, 4.69) is 71.3 Å². The number of unbranched alkanes of at least 4 members (excludes halogenated alkanes) is 2. The lowest BCUT2D eigenvalue weighted by atomic mass is 9.53. The number of benzene rings is 1. The summed E-state index contributed by atoms with van der Waals surface area (Å²) in [5, 5.41) is 0. The van der Waals surface area contributed by atoms with Gasteiger partial charge in [0, 0.05) is 0 Å². The van der Waals surface area contributed by atoms with Gasteiger partial charge < -0.3 is 8.85 Å². The number of rotatable bonds is 8. The SMILES string of the molecule is CCCCC[C@@H]1C[C@@H]2[C@H](CC[C@]3(C)[C@@H](O[Si](C)(C)C)CC[C@@H]23)c2ccc(O[Si](C)(C)C)cc21. The largest absolute Gasteiger partial charge is 0.544 e. The van der Waals surface area contributed by atoms with Crippen molar-refractivity contribution in [2.75, 3.05) is 0 Å². The predicted molar refractivity (Wildman–Crippen MR) is 146 cm³/mol. The molecule has 0 aliphatic heterocycles. The van der Waals surface area contributed by atoms with E-state index in [9.17, 15) is 0 Å². The smallest absolute Gasteiger partial charge is 0.242 e. The molecule has 186 valence electrons. The fraction of sp³-hybridized carbons (Fsp3) is 0.793. The van der Waals surface area contributed by atoms with Crippen molar-refractivity contribution in [3.63, 3.8) is 0 Å². The molecule has 0 unspecified atom stereocenters. The lowest BCUT2D eigenvalue weighted by Gasteiger charge is -2.52. The van der Waals surface area contributed by atoms with Gasteiger partial charge >= 0.3 is 0 Å². The fourth-order valence-corrected chi connectivity index (χ4v) is 9.68. The maximum Gasteiger partial charge on any atom is 0.242 e. The minimum Gasteiger partial charge on any atom is -0.544 e. The summed E-state index contributed by atoms with van der Waals surface area (Å²) in [5.41, 5.74) is 3.69. The third-order valence-electron chi connectivity index (χ3n) is 8.88. The zero-order valence-corrected chi connectivity index (χ0v) is 24.8. The van der Waals surface area contributed by atoms with Crippen molar-refractivity contribution in [3.8, 4) is 5.75 Å². The van der Waals surface area contributed by atoms with Crippen LogP contribution in [0.15, 0.2) is 18.2 Å². The van der Waals surface area contributed by atoms with Crippen LogP contribution in [0.4, 0.5) is 0 Å². The zero-order valence-electron chi connectivity index (χ0n) is 22.8. The first-order valence-electron chi connectivity index (χ1n) is 13.9. The molecule has 3 aliphatic carbocycles. The van der Waals surface area contributed by atoms with Crippen molar-refractivity contribution in [2.24, 2.45) is 17.3 Å². The van der Waals surface area contributed by atoms with Gasteiger partial charge in [-0.2, -0.15) is 0 Å². The topological polar surface area (TPSA) is 18.5 Å². The maximum atomic E-state index is 6.81. The highest BCUT2D eigenvalue weighted by atomic mass is 28.4. The second-order valence-electron chi connectivity index (χ2n) is 13.7. The quantitative estimate of drug-likeness (QED) is 0.269. The average molecular weight is 487 g/mol. The molecule has 2 nitrogen and oxygen atoms in total. The van der Waals surface area contributed by atoms with Crippen LogP contribution in [0.3, 0.4) is 0 Å². The molecule has 1 aromatic carbocycles. The van der Waals surface area contributed by atoms with E-state index in [0.29, 0.717) is 17.4 Å². The van der Waals surface area contributed by atoms with E-state index in [4.69, 9.17) is 8.85 Å². The van der Waals surface area contributed by atoms with Crippen LogP contribution in [0, 0.1) is 17.3 Å². The Labute approximate surface area is 206 Å². The summed E-state index contributed by atoms with van der Waals surface area (Å²) >= 11 is 0. The van der Waals surface area contributed by atoms with Gasteiger partial charge in [-0.1, -0.05) is 39.2 Å². The molecule has 0 radical (unpaired) electrons. The molecule has 2 saturated carbocycles. The van der Waals surface area contributed by atoms with E-state index in [1.807, 2.05) is 0 Å². The van der Waals surface area contributed by atoms with Crippen LogP contribution >= 0.6 is 0 Å². The standard InChI is InChI=1S/C29H50O2Si2/c1-9-10-11-12-21-19-26-24(23-14-13-22(20-25(21)23)30-32(3,4)5)17-18-29(2)27(26)15-16-28(29)31-33(6,7)8/h13-14,20-21,24,26-28H,9-12,15-19H2,1-8H3/t21-,24-,26-,27+,28+,29+/m1/s1. The molecular formula is C29H50O2Si2. The third kappa shape index (κ3) is 5.48. The van der Waals surface area contributed by atoms with Gasteiger partial charge in [-0.15, -0.1) is 0 Å². The second-order valence-corrected chi connectivity index (χ2v) is 22.5. The molecule has 6 atom stereocenters. The van der Waals surface area contributed by atoms with Gasteiger partial charge in [-0.25, -0.2) is 0 Å².